The van der Waals surface area contributed by atoms with Gasteiger partial charge in [0.05, 0.1) is 29.1 Å². The molecule has 1 aliphatic rings. The van der Waals surface area contributed by atoms with Crippen LogP contribution in [-0.4, -0.2) is 57.5 Å². The Hall–Kier alpha value is -2.09. The number of anilines is 1. The number of aromatic nitrogens is 3. The van der Waals surface area contributed by atoms with Gasteiger partial charge in [0, 0.05) is 37.8 Å². The zero-order chi connectivity index (χ0) is 18.7. The first kappa shape index (κ1) is 18.7. The van der Waals surface area contributed by atoms with Crippen LogP contribution in [0.25, 0.3) is 0 Å². The molecule has 0 aromatic carbocycles. The van der Waals surface area contributed by atoms with Crippen LogP contribution in [0.4, 0.5) is 10.5 Å². The number of amides is 1. The van der Waals surface area contributed by atoms with E-state index in [0.717, 1.165) is 35.9 Å². The smallest absolute Gasteiger partial charge is 0.410 e. The number of aryl methyl sites for hydroxylation is 1. The van der Waals surface area contributed by atoms with Crippen molar-refractivity contribution in [3.05, 3.63) is 28.5 Å². The van der Waals surface area contributed by atoms with Gasteiger partial charge < -0.3 is 14.5 Å². The van der Waals surface area contributed by atoms with Gasteiger partial charge in [-0.25, -0.2) is 9.78 Å². The lowest BCUT2D eigenvalue weighted by Gasteiger charge is -2.36. The molecule has 1 saturated heterocycles. The quantitative estimate of drug-likeness (QED) is 0.820. The van der Waals surface area contributed by atoms with Gasteiger partial charge in [0.25, 0.3) is 0 Å². The number of hydrogen-bond acceptors (Lipinski definition) is 6. The molecule has 26 heavy (non-hydrogen) atoms. The lowest BCUT2D eigenvalue weighted by molar-refractivity contribution is 0.0240. The highest BCUT2D eigenvalue weighted by atomic mass is 32.1. The zero-order valence-corrected chi connectivity index (χ0v) is 16.8. The second kappa shape index (κ2) is 7.65. The Morgan fingerprint density at radius 1 is 1.27 bits per heavy atom. The molecule has 0 bridgehead atoms. The van der Waals surface area contributed by atoms with Crippen LogP contribution >= 0.6 is 11.3 Å². The molecule has 142 valence electrons. The summed E-state index contributed by atoms with van der Waals surface area (Å²) in [5.74, 6) is 0. The number of nitrogens with zero attached hydrogens (tertiary/aromatic N) is 5. The molecule has 7 nitrogen and oxygen atoms in total. The number of carbonyl (C=O) groups excluding carboxylic acids is 1. The van der Waals surface area contributed by atoms with Crippen LogP contribution in [0.3, 0.4) is 0 Å². The molecule has 3 rings (SSSR count). The molecule has 3 heterocycles. The highest BCUT2D eigenvalue weighted by Crippen LogP contribution is 2.18. The van der Waals surface area contributed by atoms with Crippen LogP contribution in [0, 0.1) is 0 Å². The third kappa shape index (κ3) is 4.75. The standard InChI is InChI=1S/C18H27N5O2S/c1-5-16-20-14(13-26-16)11-23-12-15(10-19-23)21-6-8-22(9-7-21)17(24)25-18(2,3)4/h10,12-13H,5-9,11H2,1-4H3. The van der Waals surface area contributed by atoms with Gasteiger partial charge in [0.15, 0.2) is 0 Å². The van der Waals surface area contributed by atoms with Gasteiger partial charge in [-0.3, -0.25) is 4.68 Å². The first-order chi connectivity index (χ1) is 12.3. The van der Waals surface area contributed by atoms with Crippen molar-refractivity contribution >= 4 is 23.1 Å². The fraction of sp³-hybridized carbons (Fsp3) is 0.611. The van der Waals surface area contributed by atoms with Gasteiger partial charge in [-0.1, -0.05) is 6.92 Å². The molecule has 0 aliphatic carbocycles. The average Bonchev–Trinajstić information content (AvgIpc) is 3.23. The summed E-state index contributed by atoms with van der Waals surface area (Å²) < 4.78 is 7.37. The van der Waals surface area contributed by atoms with E-state index in [9.17, 15) is 4.79 Å². The van der Waals surface area contributed by atoms with Gasteiger partial charge in [0.1, 0.15) is 5.60 Å². The fourth-order valence-electron chi connectivity index (χ4n) is 2.83. The number of carbonyl (C=O) groups is 1. The van der Waals surface area contributed by atoms with Crippen LogP contribution in [0.15, 0.2) is 17.8 Å². The van der Waals surface area contributed by atoms with E-state index in [2.05, 4.69) is 27.3 Å². The molecule has 0 radical (unpaired) electrons. The maximum atomic E-state index is 12.2. The average molecular weight is 378 g/mol. The van der Waals surface area contributed by atoms with E-state index >= 15 is 0 Å². The Morgan fingerprint density at radius 3 is 2.62 bits per heavy atom. The van der Waals surface area contributed by atoms with Gasteiger partial charge in [-0.05, 0) is 27.2 Å². The Morgan fingerprint density at radius 2 is 2.00 bits per heavy atom. The topological polar surface area (TPSA) is 63.5 Å². The molecule has 1 amide bonds. The summed E-state index contributed by atoms with van der Waals surface area (Å²) in [6.45, 7) is 11.4. The number of thiazole rings is 1. The van der Waals surface area contributed by atoms with E-state index in [-0.39, 0.29) is 6.09 Å². The number of ether oxygens (including phenoxy) is 1. The molecule has 2 aromatic heterocycles. The molecule has 8 heteroatoms. The summed E-state index contributed by atoms with van der Waals surface area (Å²) in [6.07, 6.45) is 4.67. The Bertz CT molecular complexity index is 741. The Kier molecular flexibility index (Phi) is 5.50. The minimum atomic E-state index is -0.456. The van der Waals surface area contributed by atoms with E-state index < -0.39 is 5.60 Å². The van der Waals surface area contributed by atoms with Crippen molar-refractivity contribution in [1.29, 1.82) is 0 Å². The normalized spacial score (nSPS) is 15.4. The molecule has 0 spiro atoms. The molecular formula is C18H27N5O2S. The maximum absolute atomic E-state index is 12.2. The molecular weight excluding hydrogens is 350 g/mol. The van der Waals surface area contributed by atoms with Crippen LogP contribution < -0.4 is 4.90 Å². The highest BCUT2D eigenvalue weighted by Gasteiger charge is 2.26. The molecule has 0 N–H and O–H groups in total. The largest absolute Gasteiger partial charge is 0.444 e. The van der Waals surface area contributed by atoms with Crippen molar-refractivity contribution in [2.24, 2.45) is 0 Å². The van der Waals surface area contributed by atoms with E-state index in [1.807, 2.05) is 37.8 Å². The number of hydrogen-bond donors (Lipinski definition) is 0. The van der Waals surface area contributed by atoms with Gasteiger partial charge in [-0.15, -0.1) is 11.3 Å². The molecule has 0 atom stereocenters. The van der Waals surface area contributed by atoms with E-state index in [1.54, 1.807) is 16.2 Å². The minimum Gasteiger partial charge on any atom is -0.444 e. The summed E-state index contributed by atoms with van der Waals surface area (Å²) in [5.41, 5.74) is 1.68. The van der Waals surface area contributed by atoms with Gasteiger partial charge >= 0.3 is 6.09 Å². The van der Waals surface area contributed by atoms with Crippen molar-refractivity contribution in [2.75, 3.05) is 31.1 Å². The lowest BCUT2D eigenvalue weighted by Crippen LogP contribution is -2.50. The van der Waals surface area contributed by atoms with Crippen LogP contribution in [0.2, 0.25) is 0 Å². The van der Waals surface area contributed by atoms with Gasteiger partial charge in [-0.2, -0.15) is 5.10 Å². The predicted octanol–water partition coefficient (Wildman–Crippen LogP) is 3.01. The van der Waals surface area contributed by atoms with Crippen molar-refractivity contribution in [3.63, 3.8) is 0 Å². The number of piperazine rings is 1. The summed E-state index contributed by atoms with van der Waals surface area (Å²) in [7, 11) is 0. The van der Waals surface area contributed by atoms with Crippen molar-refractivity contribution < 1.29 is 9.53 Å². The third-order valence-corrected chi connectivity index (χ3v) is 5.18. The molecule has 0 unspecified atom stereocenters. The molecule has 1 fully saturated rings. The maximum Gasteiger partial charge on any atom is 0.410 e. The van der Waals surface area contributed by atoms with E-state index in [1.165, 1.54) is 0 Å². The summed E-state index contributed by atoms with van der Waals surface area (Å²) in [4.78, 5) is 20.8. The Balaban J connectivity index is 1.53. The van der Waals surface area contributed by atoms with Crippen LogP contribution in [-0.2, 0) is 17.7 Å². The second-order valence-electron chi connectivity index (χ2n) is 7.44. The van der Waals surface area contributed by atoms with Crippen molar-refractivity contribution in [2.45, 2.75) is 46.3 Å². The van der Waals surface area contributed by atoms with Crippen LogP contribution in [0.1, 0.15) is 38.4 Å². The molecule has 1 aliphatic heterocycles. The third-order valence-electron chi connectivity index (χ3n) is 4.14. The zero-order valence-electron chi connectivity index (χ0n) is 15.9. The van der Waals surface area contributed by atoms with E-state index in [4.69, 9.17) is 4.74 Å². The molecule has 2 aromatic rings. The summed E-state index contributed by atoms with van der Waals surface area (Å²) in [6, 6.07) is 0. The number of rotatable bonds is 4. The summed E-state index contributed by atoms with van der Waals surface area (Å²) >= 11 is 1.70. The monoisotopic (exact) mass is 377 g/mol. The molecule has 0 saturated carbocycles. The SMILES string of the molecule is CCc1nc(Cn2cc(N3CCN(C(=O)OC(C)(C)C)CC3)cn2)cs1. The lowest BCUT2D eigenvalue weighted by atomic mass is 10.2. The fourth-order valence-corrected chi connectivity index (χ4v) is 3.56. The summed E-state index contributed by atoms with van der Waals surface area (Å²) in [5, 5.41) is 7.71. The first-order valence-electron chi connectivity index (χ1n) is 9.02. The highest BCUT2D eigenvalue weighted by molar-refractivity contribution is 7.09. The van der Waals surface area contributed by atoms with Gasteiger partial charge in [0.2, 0.25) is 0 Å². The first-order valence-corrected chi connectivity index (χ1v) is 9.90. The predicted molar refractivity (Wildman–Crippen MR) is 103 cm³/mol. The van der Waals surface area contributed by atoms with Crippen LogP contribution in [0.5, 0.6) is 0 Å². The second-order valence-corrected chi connectivity index (χ2v) is 8.38. The minimum absolute atomic E-state index is 0.233. The van der Waals surface area contributed by atoms with Crippen molar-refractivity contribution in [3.8, 4) is 0 Å². The Labute approximate surface area is 158 Å². The van der Waals surface area contributed by atoms with Crippen molar-refractivity contribution in [1.82, 2.24) is 19.7 Å². The van der Waals surface area contributed by atoms with E-state index in [0.29, 0.717) is 19.6 Å².